The Morgan fingerprint density at radius 1 is 0.562 bits per heavy atom. The van der Waals surface area contributed by atoms with Gasteiger partial charge in [-0.05, 0) is 27.8 Å². The topological polar surface area (TPSA) is 66.4 Å². The molecule has 6 nitrogen and oxygen atoms in total. The van der Waals surface area contributed by atoms with Crippen molar-refractivity contribution in [1.82, 2.24) is 0 Å². The Bertz CT molecular complexity index is 1550. The van der Waals surface area contributed by atoms with Crippen LogP contribution in [0.3, 0.4) is 0 Å². The van der Waals surface area contributed by atoms with Crippen LogP contribution >= 0.6 is 0 Å². The van der Waals surface area contributed by atoms with Crippen LogP contribution in [-0.2, 0) is 42.5 Å². The summed E-state index contributed by atoms with van der Waals surface area (Å²) >= 11 is 0. The van der Waals surface area contributed by atoms with Gasteiger partial charge in [-0.2, -0.15) is 0 Å². The second-order valence-corrected chi connectivity index (χ2v) is 11.8. The number of aliphatic hydroxyl groups excluding tert-OH is 1. The van der Waals surface area contributed by atoms with Crippen LogP contribution in [0.25, 0.3) is 0 Å². The first-order valence-electron chi connectivity index (χ1n) is 16.4. The summed E-state index contributed by atoms with van der Waals surface area (Å²) in [6.07, 6.45) is -2.55. The van der Waals surface area contributed by atoms with Crippen LogP contribution in [0.2, 0.25) is 0 Å². The summed E-state index contributed by atoms with van der Waals surface area (Å²) in [5.41, 5.74) is 3.89. The molecule has 1 aliphatic heterocycles. The Balaban J connectivity index is 1.38. The Morgan fingerprint density at radius 2 is 0.979 bits per heavy atom. The molecular formula is C42H42O6. The molecule has 1 N–H and O–H groups in total. The highest BCUT2D eigenvalue weighted by molar-refractivity contribution is 5.47. The zero-order valence-electron chi connectivity index (χ0n) is 26.9. The van der Waals surface area contributed by atoms with Gasteiger partial charge in [-0.25, -0.2) is 0 Å². The molecule has 1 heterocycles. The Morgan fingerprint density at radius 3 is 1.42 bits per heavy atom. The highest BCUT2D eigenvalue weighted by Crippen LogP contribution is 2.41. The molecule has 0 bridgehead atoms. The molecule has 0 aliphatic carbocycles. The van der Waals surface area contributed by atoms with E-state index in [1.807, 2.05) is 115 Å². The van der Waals surface area contributed by atoms with E-state index in [1.54, 1.807) is 6.08 Å². The summed E-state index contributed by atoms with van der Waals surface area (Å²) in [6, 6.07) is 50.4. The lowest BCUT2D eigenvalue weighted by Crippen LogP contribution is -2.61. The second kappa shape index (κ2) is 16.6. The van der Waals surface area contributed by atoms with Crippen molar-refractivity contribution in [3.05, 3.63) is 192 Å². The van der Waals surface area contributed by atoms with Crippen LogP contribution < -0.4 is 0 Å². The van der Waals surface area contributed by atoms with Gasteiger partial charge in [-0.3, -0.25) is 0 Å². The van der Waals surface area contributed by atoms with Gasteiger partial charge in [-0.1, -0.05) is 158 Å². The van der Waals surface area contributed by atoms with E-state index in [2.05, 4.69) is 43.0 Å². The van der Waals surface area contributed by atoms with Crippen molar-refractivity contribution in [2.45, 2.75) is 49.5 Å². The van der Waals surface area contributed by atoms with Crippen molar-refractivity contribution in [3.8, 4) is 0 Å². The zero-order valence-corrected chi connectivity index (χ0v) is 26.9. The van der Waals surface area contributed by atoms with Gasteiger partial charge in [0.15, 0.2) is 6.29 Å². The summed E-state index contributed by atoms with van der Waals surface area (Å²) in [5, 5.41) is 11.4. The highest BCUT2D eigenvalue weighted by atomic mass is 16.7. The summed E-state index contributed by atoms with van der Waals surface area (Å²) < 4.78 is 32.9. The third-order valence-electron chi connectivity index (χ3n) is 8.59. The number of rotatable bonds is 15. The zero-order chi connectivity index (χ0) is 33.0. The molecule has 1 saturated heterocycles. The molecule has 1 fully saturated rings. The van der Waals surface area contributed by atoms with Gasteiger partial charge in [0.2, 0.25) is 0 Å². The Hall–Kier alpha value is -4.40. The Labute approximate surface area is 283 Å². The van der Waals surface area contributed by atoms with E-state index in [0.29, 0.717) is 13.2 Å². The fourth-order valence-corrected chi connectivity index (χ4v) is 6.29. The molecule has 0 amide bonds. The summed E-state index contributed by atoms with van der Waals surface area (Å²) in [6.45, 7) is 4.70. The smallest absolute Gasteiger partial charge is 0.184 e. The minimum atomic E-state index is -1.30. The van der Waals surface area contributed by atoms with E-state index in [-0.39, 0.29) is 13.2 Å². The van der Waals surface area contributed by atoms with Gasteiger partial charge in [0.25, 0.3) is 0 Å². The lowest BCUT2D eigenvalue weighted by atomic mass is 9.80. The van der Waals surface area contributed by atoms with Crippen LogP contribution in [0.15, 0.2) is 164 Å². The van der Waals surface area contributed by atoms with E-state index in [4.69, 9.17) is 23.7 Å². The fourth-order valence-electron chi connectivity index (χ4n) is 6.29. The van der Waals surface area contributed by atoms with Crippen LogP contribution in [0.5, 0.6) is 0 Å². The van der Waals surface area contributed by atoms with Crippen LogP contribution in [-0.4, -0.2) is 49.0 Å². The van der Waals surface area contributed by atoms with E-state index < -0.39 is 36.3 Å². The monoisotopic (exact) mass is 642 g/mol. The lowest BCUT2D eigenvalue weighted by molar-refractivity contribution is -0.316. The van der Waals surface area contributed by atoms with Gasteiger partial charge in [0, 0.05) is 0 Å². The maximum absolute atomic E-state index is 11.4. The first-order chi connectivity index (χ1) is 23.7. The first-order valence-corrected chi connectivity index (χ1v) is 16.4. The summed E-state index contributed by atoms with van der Waals surface area (Å²) in [4.78, 5) is 0. The summed E-state index contributed by atoms with van der Waals surface area (Å²) in [5.74, 6) is 0. The quantitative estimate of drug-likeness (QED) is 0.0945. The summed E-state index contributed by atoms with van der Waals surface area (Å²) in [7, 11) is 0. The highest BCUT2D eigenvalue weighted by Gasteiger charge is 2.49. The molecule has 5 aromatic rings. The molecule has 0 aromatic heterocycles. The van der Waals surface area contributed by atoms with Gasteiger partial charge >= 0.3 is 0 Å². The molecule has 6 rings (SSSR count). The number of hydrogen-bond donors (Lipinski definition) is 1. The lowest BCUT2D eigenvalue weighted by Gasteiger charge is -2.45. The van der Waals surface area contributed by atoms with Gasteiger partial charge in [0.05, 0.1) is 26.4 Å². The SMILES string of the molecule is C=CCO[C@@H]1[C@@H](OCc2ccccc2)[C@@H](OCc2ccccc2)[C@@H](COC(c2ccccc2)(c2ccccc2)c2ccccc2)O[C@@H]1O. The number of ether oxygens (including phenoxy) is 5. The minimum Gasteiger partial charge on any atom is -0.368 e. The molecule has 48 heavy (non-hydrogen) atoms. The first kappa shape index (κ1) is 33.5. The van der Waals surface area contributed by atoms with Crippen molar-refractivity contribution in [3.63, 3.8) is 0 Å². The maximum atomic E-state index is 11.4. The maximum Gasteiger partial charge on any atom is 0.184 e. The molecule has 0 spiro atoms. The predicted octanol–water partition coefficient (Wildman–Crippen LogP) is 7.45. The normalized spacial score (nSPS) is 21.1. The standard InChI is InChI=1S/C42H42O6/c1-2-28-44-40-39(46-30-33-20-10-4-11-21-33)38(45-29-32-18-8-3-9-19-32)37(48-41(40)43)31-47-42(34-22-12-5-13-23-34,35-24-14-6-15-25-35)36-26-16-7-17-27-36/h2-27,37-41,43H,1,28-31H2/t37-,38+,39+,40-,41+/m1/s1. The number of benzene rings is 5. The number of aliphatic hydroxyl groups is 1. The molecule has 0 unspecified atom stereocenters. The fraction of sp³-hybridized carbons (Fsp3) is 0.238. The van der Waals surface area contributed by atoms with Crippen molar-refractivity contribution in [2.24, 2.45) is 0 Å². The number of hydrogen-bond acceptors (Lipinski definition) is 6. The third kappa shape index (κ3) is 7.83. The Kier molecular flexibility index (Phi) is 11.6. The average Bonchev–Trinajstić information content (AvgIpc) is 3.15. The van der Waals surface area contributed by atoms with Crippen LogP contribution in [0, 0.1) is 0 Å². The van der Waals surface area contributed by atoms with E-state index in [1.165, 1.54) is 0 Å². The van der Waals surface area contributed by atoms with Crippen LogP contribution in [0.1, 0.15) is 27.8 Å². The molecule has 1 aliphatic rings. The van der Waals surface area contributed by atoms with E-state index in [9.17, 15) is 5.11 Å². The molecule has 6 heteroatoms. The average molecular weight is 643 g/mol. The van der Waals surface area contributed by atoms with Crippen LogP contribution in [0.4, 0.5) is 0 Å². The van der Waals surface area contributed by atoms with Crippen molar-refractivity contribution < 1.29 is 28.8 Å². The van der Waals surface area contributed by atoms with Crippen molar-refractivity contribution >= 4 is 0 Å². The molecule has 5 atom stereocenters. The molecule has 5 aromatic carbocycles. The molecule has 246 valence electrons. The molecular weight excluding hydrogens is 600 g/mol. The molecule has 0 saturated carbocycles. The van der Waals surface area contributed by atoms with Gasteiger partial charge < -0.3 is 28.8 Å². The molecule has 0 radical (unpaired) electrons. The van der Waals surface area contributed by atoms with Gasteiger partial charge in [0.1, 0.15) is 30.0 Å². The third-order valence-corrected chi connectivity index (χ3v) is 8.59. The van der Waals surface area contributed by atoms with E-state index >= 15 is 0 Å². The van der Waals surface area contributed by atoms with Crippen molar-refractivity contribution in [1.29, 1.82) is 0 Å². The minimum absolute atomic E-state index is 0.0780. The van der Waals surface area contributed by atoms with Crippen molar-refractivity contribution in [2.75, 3.05) is 13.2 Å². The second-order valence-electron chi connectivity index (χ2n) is 11.8. The largest absolute Gasteiger partial charge is 0.368 e. The predicted molar refractivity (Wildman–Crippen MR) is 186 cm³/mol. The van der Waals surface area contributed by atoms with E-state index in [0.717, 1.165) is 27.8 Å². The van der Waals surface area contributed by atoms with Gasteiger partial charge in [-0.15, -0.1) is 6.58 Å².